The van der Waals surface area contributed by atoms with Crippen LogP contribution in [0.15, 0.2) is 18.2 Å². The molecule has 0 radical (unpaired) electrons. The molecule has 4 heteroatoms. The summed E-state index contributed by atoms with van der Waals surface area (Å²) in [7, 11) is 1.62. The highest BCUT2D eigenvalue weighted by Crippen LogP contribution is 2.28. The fraction of sp³-hybridized carbons (Fsp3) is 0.333. The van der Waals surface area contributed by atoms with E-state index in [-0.39, 0.29) is 0 Å². The molecular formula is C15H17ClN2O. The summed E-state index contributed by atoms with van der Waals surface area (Å²) in [5, 5.41) is 0.441. The average Bonchev–Trinajstić information content (AvgIpc) is 2.26. The van der Waals surface area contributed by atoms with E-state index in [9.17, 15) is 0 Å². The van der Waals surface area contributed by atoms with Crippen molar-refractivity contribution in [3.8, 4) is 11.3 Å². The molecule has 1 heterocycles. The van der Waals surface area contributed by atoms with E-state index in [4.69, 9.17) is 16.3 Å². The molecule has 0 N–H and O–H groups in total. The first kappa shape index (κ1) is 14.0. The van der Waals surface area contributed by atoms with Gasteiger partial charge in [0, 0.05) is 18.7 Å². The lowest BCUT2D eigenvalue weighted by Crippen LogP contribution is -2.00. The molecule has 19 heavy (non-hydrogen) atoms. The summed E-state index contributed by atoms with van der Waals surface area (Å²) in [5.41, 5.74) is 5.59. The van der Waals surface area contributed by atoms with Crippen LogP contribution in [-0.4, -0.2) is 17.1 Å². The minimum Gasteiger partial charge on any atom is -0.377 e. The number of hydrogen-bond donors (Lipinski definition) is 0. The number of hydrogen-bond acceptors (Lipinski definition) is 3. The molecule has 0 atom stereocenters. The Bertz CT molecular complexity index is 588. The second kappa shape index (κ2) is 5.68. The number of benzene rings is 1. The molecule has 0 saturated carbocycles. The van der Waals surface area contributed by atoms with Gasteiger partial charge in [-0.3, -0.25) is 0 Å². The standard InChI is InChI=1S/C15H17ClN2O/c1-9-5-10(2)15(11(3)6-9)12-7-13(16)18-14(17-12)8-19-4/h5-7H,8H2,1-4H3. The van der Waals surface area contributed by atoms with Crippen LogP contribution in [0.5, 0.6) is 0 Å². The van der Waals surface area contributed by atoms with Gasteiger partial charge in [0.05, 0.1) is 5.69 Å². The first-order valence-corrected chi connectivity index (χ1v) is 6.49. The highest BCUT2D eigenvalue weighted by atomic mass is 35.5. The topological polar surface area (TPSA) is 35.0 Å². The SMILES string of the molecule is COCc1nc(Cl)cc(-c2c(C)cc(C)cc2C)n1. The lowest BCUT2D eigenvalue weighted by Gasteiger charge is -2.12. The van der Waals surface area contributed by atoms with Crippen LogP contribution in [0.25, 0.3) is 11.3 Å². The molecule has 2 rings (SSSR count). The summed E-state index contributed by atoms with van der Waals surface area (Å²) in [6.45, 7) is 6.62. The van der Waals surface area contributed by atoms with Crippen molar-refractivity contribution in [3.05, 3.63) is 45.9 Å². The van der Waals surface area contributed by atoms with Gasteiger partial charge in [0.1, 0.15) is 11.8 Å². The molecule has 0 aliphatic heterocycles. The predicted octanol–water partition coefficient (Wildman–Crippen LogP) is 3.87. The van der Waals surface area contributed by atoms with Gasteiger partial charge < -0.3 is 4.74 Å². The molecule has 0 saturated heterocycles. The number of rotatable bonds is 3. The molecule has 0 unspecified atom stereocenters. The van der Waals surface area contributed by atoms with Crippen LogP contribution in [0, 0.1) is 20.8 Å². The number of nitrogens with zero attached hydrogens (tertiary/aromatic N) is 2. The maximum absolute atomic E-state index is 6.06. The summed E-state index contributed by atoms with van der Waals surface area (Å²) in [5.74, 6) is 0.601. The highest BCUT2D eigenvalue weighted by molar-refractivity contribution is 6.29. The van der Waals surface area contributed by atoms with Gasteiger partial charge >= 0.3 is 0 Å². The number of ether oxygens (including phenoxy) is 1. The number of halogens is 1. The van der Waals surface area contributed by atoms with Crippen LogP contribution in [0.2, 0.25) is 5.15 Å². The smallest absolute Gasteiger partial charge is 0.156 e. The van der Waals surface area contributed by atoms with Crippen molar-refractivity contribution in [1.29, 1.82) is 0 Å². The molecule has 0 bridgehead atoms. The maximum atomic E-state index is 6.06. The van der Waals surface area contributed by atoms with Gasteiger partial charge in [-0.15, -0.1) is 0 Å². The Morgan fingerprint density at radius 2 is 1.68 bits per heavy atom. The van der Waals surface area contributed by atoms with E-state index in [0.29, 0.717) is 17.6 Å². The van der Waals surface area contributed by atoms with Crippen LogP contribution >= 0.6 is 11.6 Å². The van der Waals surface area contributed by atoms with E-state index in [1.54, 1.807) is 13.2 Å². The Kier molecular flexibility index (Phi) is 4.17. The van der Waals surface area contributed by atoms with E-state index in [2.05, 4.69) is 42.9 Å². The summed E-state index contributed by atoms with van der Waals surface area (Å²) in [6.07, 6.45) is 0. The van der Waals surface area contributed by atoms with E-state index in [1.807, 2.05) is 0 Å². The Hall–Kier alpha value is -1.45. The highest BCUT2D eigenvalue weighted by Gasteiger charge is 2.11. The molecule has 0 spiro atoms. The van der Waals surface area contributed by atoms with Crippen molar-refractivity contribution in [3.63, 3.8) is 0 Å². The quantitative estimate of drug-likeness (QED) is 0.798. The molecule has 0 amide bonds. The van der Waals surface area contributed by atoms with Crippen LogP contribution < -0.4 is 0 Å². The van der Waals surface area contributed by atoms with Crippen LogP contribution in [-0.2, 0) is 11.3 Å². The molecular weight excluding hydrogens is 260 g/mol. The average molecular weight is 277 g/mol. The summed E-state index contributed by atoms with van der Waals surface area (Å²) < 4.78 is 5.07. The maximum Gasteiger partial charge on any atom is 0.156 e. The largest absolute Gasteiger partial charge is 0.377 e. The van der Waals surface area contributed by atoms with Crippen LogP contribution in [0.4, 0.5) is 0 Å². The molecule has 3 nitrogen and oxygen atoms in total. The molecule has 0 fully saturated rings. The minimum atomic E-state index is 0.359. The van der Waals surface area contributed by atoms with Gasteiger partial charge in [0.25, 0.3) is 0 Å². The summed E-state index contributed by atoms with van der Waals surface area (Å²) in [6, 6.07) is 6.09. The fourth-order valence-electron chi connectivity index (χ4n) is 2.37. The van der Waals surface area contributed by atoms with Crippen molar-refractivity contribution in [1.82, 2.24) is 9.97 Å². The second-order valence-corrected chi connectivity index (χ2v) is 5.09. The Labute approximate surface area is 118 Å². The molecule has 1 aromatic carbocycles. The number of methoxy groups -OCH3 is 1. The Morgan fingerprint density at radius 3 is 2.26 bits per heavy atom. The lowest BCUT2D eigenvalue weighted by molar-refractivity contribution is 0.178. The summed E-state index contributed by atoms with van der Waals surface area (Å²) in [4.78, 5) is 8.68. The Morgan fingerprint density at radius 1 is 1.05 bits per heavy atom. The van der Waals surface area contributed by atoms with Gasteiger partial charge in [-0.25, -0.2) is 9.97 Å². The number of aromatic nitrogens is 2. The van der Waals surface area contributed by atoms with Crippen molar-refractivity contribution in [2.24, 2.45) is 0 Å². The van der Waals surface area contributed by atoms with E-state index in [0.717, 1.165) is 11.3 Å². The van der Waals surface area contributed by atoms with Crippen molar-refractivity contribution in [2.75, 3.05) is 7.11 Å². The minimum absolute atomic E-state index is 0.359. The first-order chi connectivity index (χ1) is 9.01. The van der Waals surface area contributed by atoms with Gasteiger partial charge in [0.15, 0.2) is 5.82 Å². The van der Waals surface area contributed by atoms with Gasteiger partial charge in [-0.2, -0.15) is 0 Å². The third-order valence-corrected chi connectivity index (χ3v) is 3.14. The zero-order valence-corrected chi connectivity index (χ0v) is 12.4. The third-order valence-electron chi connectivity index (χ3n) is 2.95. The molecule has 2 aromatic rings. The van der Waals surface area contributed by atoms with Crippen molar-refractivity contribution in [2.45, 2.75) is 27.4 Å². The lowest BCUT2D eigenvalue weighted by atomic mass is 9.97. The van der Waals surface area contributed by atoms with Gasteiger partial charge in [0.2, 0.25) is 0 Å². The second-order valence-electron chi connectivity index (χ2n) is 4.70. The molecule has 100 valence electrons. The van der Waals surface area contributed by atoms with Gasteiger partial charge in [-0.05, 0) is 31.9 Å². The van der Waals surface area contributed by atoms with Gasteiger partial charge in [-0.1, -0.05) is 29.3 Å². The van der Waals surface area contributed by atoms with Crippen molar-refractivity contribution >= 4 is 11.6 Å². The zero-order valence-electron chi connectivity index (χ0n) is 11.6. The van der Waals surface area contributed by atoms with E-state index < -0.39 is 0 Å². The molecule has 1 aromatic heterocycles. The third kappa shape index (κ3) is 3.11. The van der Waals surface area contributed by atoms with E-state index >= 15 is 0 Å². The Balaban J connectivity index is 2.58. The fourth-order valence-corrected chi connectivity index (χ4v) is 2.57. The first-order valence-electron chi connectivity index (χ1n) is 6.12. The van der Waals surface area contributed by atoms with Crippen LogP contribution in [0.1, 0.15) is 22.5 Å². The van der Waals surface area contributed by atoms with E-state index in [1.165, 1.54) is 16.7 Å². The number of aryl methyl sites for hydroxylation is 3. The monoisotopic (exact) mass is 276 g/mol. The van der Waals surface area contributed by atoms with Crippen LogP contribution in [0.3, 0.4) is 0 Å². The molecule has 0 aliphatic carbocycles. The normalized spacial score (nSPS) is 10.8. The van der Waals surface area contributed by atoms with Crippen molar-refractivity contribution < 1.29 is 4.74 Å². The molecule has 0 aliphatic rings. The predicted molar refractivity (Wildman–Crippen MR) is 77.4 cm³/mol. The zero-order chi connectivity index (χ0) is 14.0. The summed E-state index contributed by atoms with van der Waals surface area (Å²) >= 11 is 6.06.